The Balaban J connectivity index is 1.07. The molecule has 0 saturated carbocycles. The number of allylic oxidation sites excluding steroid dienone is 5. The molecular formula is C62H38O2. The molecule has 10 aromatic carbocycles. The molecule has 2 atom stereocenters. The van der Waals surface area contributed by atoms with Crippen LogP contribution in [-0.4, -0.2) is 0 Å². The molecule has 12 aromatic rings. The molecule has 0 saturated heterocycles. The van der Waals surface area contributed by atoms with E-state index in [-0.39, 0.29) is 11.8 Å². The second-order valence-electron chi connectivity index (χ2n) is 17.5. The van der Waals surface area contributed by atoms with E-state index >= 15 is 0 Å². The summed E-state index contributed by atoms with van der Waals surface area (Å²) in [6.45, 7) is 0. The molecule has 14 rings (SSSR count). The number of benzene rings is 10. The minimum atomic E-state index is 0.0461. The van der Waals surface area contributed by atoms with E-state index in [1.807, 2.05) is 0 Å². The van der Waals surface area contributed by atoms with Gasteiger partial charge in [0.25, 0.3) is 0 Å². The maximum Gasteiger partial charge on any atom is 0.143 e. The summed E-state index contributed by atoms with van der Waals surface area (Å²) in [4.78, 5) is 0. The molecule has 64 heavy (non-hydrogen) atoms. The van der Waals surface area contributed by atoms with Gasteiger partial charge in [-0.05, 0) is 114 Å². The molecule has 0 amide bonds. The lowest BCUT2D eigenvalue weighted by atomic mass is 9.66. The standard InChI is InChI=1S/C62H38O2/c1-2-16-38-31-39(30-29-37(38)15-1)59-47-21-5-7-23-49(47)60(50-24-8-6-22-48(50)59)42-33-40(53-35-55-45-19-11-13-27-57(45)63-61(55)51-25-9-3-17-43(51)53)32-41(34-42)54-36-56-46-20-12-14-28-58(46)64-62(56)52-26-10-4-18-44(52)54/h1-36,49,60H. The van der Waals surface area contributed by atoms with E-state index in [9.17, 15) is 0 Å². The summed E-state index contributed by atoms with van der Waals surface area (Å²) in [5.74, 6) is 0.156. The molecule has 2 unspecified atom stereocenters. The van der Waals surface area contributed by atoms with Crippen LogP contribution >= 0.6 is 0 Å². The molecular weight excluding hydrogens is 777 g/mol. The summed E-state index contributed by atoms with van der Waals surface area (Å²) in [5.41, 5.74) is 16.2. The van der Waals surface area contributed by atoms with Gasteiger partial charge in [0.15, 0.2) is 0 Å². The van der Waals surface area contributed by atoms with Crippen LogP contribution in [0.25, 0.3) is 104 Å². The average Bonchev–Trinajstić information content (AvgIpc) is 3.94. The summed E-state index contributed by atoms with van der Waals surface area (Å²) in [5, 5.41) is 11.6. The fourth-order valence-corrected chi connectivity index (χ4v) is 11.2. The van der Waals surface area contributed by atoms with Crippen LogP contribution in [0, 0.1) is 5.92 Å². The highest BCUT2D eigenvalue weighted by Gasteiger charge is 2.36. The Kier molecular flexibility index (Phi) is 7.55. The van der Waals surface area contributed by atoms with E-state index in [2.05, 4.69) is 218 Å². The van der Waals surface area contributed by atoms with Crippen LogP contribution in [0.5, 0.6) is 0 Å². The minimum Gasteiger partial charge on any atom is -0.455 e. The Hall–Kier alpha value is -8.20. The van der Waals surface area contributed by atoms with Crippen LogP contribution in [-0.2, 0) is 0 Å². The Bertz CT molecular complexity index is 3860. The van der Waals surface area contributed by atoms with Gasteiger partial charge >= 0.3 is 0 Å². The Morgan fingerprint density at radius 2 is 0.906 bits per heavy atom. The molecule has 2 aromatic heterocycles. The lowest BCUT2D eigenvalue weighted by molar-refractivity contribution is 0.649. The predicted octanol–water partition coefficient (Wildman–Crippen LogP) is 17.0. The van der Waals surface area contributed by atoms with Crippen molar-refractivity contribution in [2.45, 2.75) is 5.92 Å². The molecule has 2 heterocycles. The average molecular weight is 815 g/mol. The zero-order valence-electron chi connectivity index (χ0n) is 34.8. The summed E-state index contributed by atoms with van der Waals surface area (Å²) < 4.78 is 13.3. The van der Waals surface area contributed by atoms with Gasteiger partial charge in [-0.25, -0.2) is 0 Å². The summed E-state index contributed by atoms with van der Waals surface area (Å²) in [6, 6.07) is 71.2. The molecule has 298 valence electrons. The van der Waals surface area contributed by atoms with Crippen LogP contribution in [0.2, 0.25) is 0 Å². The third kappa shape index (κ3) is 5.20. The van der Waals surface area contributed by atoms with Gasteiger partial charge < -0.3 is 8.83 Å². The van der Waals surface area contributed by atoms with Crippen molar-refractivity contribution in [3.05, 3.63) is 246 Å². The van der Waals surface area contributed by atoms with Crippen LogP contribution in [0.3, 0.4) is 0 Å². The van der Waals surface area contributed by atoms with Gasteiger partial charge in [0, 0.05) is 44.2 Å². The number of fused-ring (bicyclic) bond motifs is 13. The van der Waals surface area contributed by atoms with Gasteiger partial charge in [0.2, 0.25) is 0 Å². The van der Waals surface area contributed by atoms with Crippen molar-refractivity contribution in [3.63, 3.8) is 0 Å². The van der Waals surface area contributed by atoms with Crippen LogP contribution in [0.1, 0.15) is 28.2 Å². The van der Waals surface area contributed by atoms with Gasteiger partial charge in [0.05, 0.1) is 0 Å². The second-order valence-corrected chi connectivity index (χ2v) is 17.5. The first-order valence-electron chi connectivity index (χ1n) is 22.2. The van der Waals surface area contributed by atoms with Gasteiger partial charge in [0.1, 0.15) is 22.3 Å². The number of hydrogen-bond acceptors (Lipinski definition) is 2. The van der Waals surface area contributed by atoms with Gasteiger partial charge in [-0.2, -0.15) is 0 Å². The highest BCUT2D eigenvalue weighted by Crippen LogP contribution is 2.52. The van der Waals surface area contributed by atoms with E-state index < -0.39 is 0 Å². The SMILES string of the molecule is C1=CC2=C(c3ccc4ccccc4c3)c3ccccc3C(c3cc(-c4cc5c6ccccc6oc5c5ccccc45)cc(-c4cc5c6ccccc6oc5c5ccccc45)c3)C2C=C1. The van der Waals surface area contributed by atoms with E-state index in [0.29, 0.717) is 0 Å². The molecule has 2 aliphatic carbocycles. The van der Waals surface area contributed by atoms with E-state index in [1.165, 1.54) is 77.2 Å². The number of furan rings is 2. The van der Waals surface area contributed by atoms with Crippen LogP contribution in [0.15, 0.2) is 233 Å². The minimum absolute atomic E-state index is 0.0461. The third-order valence-corrected chi connectivity index (χ3v) is 14.0. The normalized spacial score (nSPS) is 15.9. The van der Waals surface area contributed by atoms with Gasteiger partial charge in [-0.15, -0.1) is 0 Å². The Labute approximate surface area is 369 Å². The molecule has 0 aliphatic heterocycles. The maximum absolute atomic E-state index is 6.63. The van der Waals surface area contributed by atoms with Crippen molar-refractivity contribution < 1.29 is 8.83 Å². The fourth-order valence-electron chi connectivity index (χ4n) is 11.2. The van der Waals surface area contributed by atoms with E-state index in [1.54, 1.807) is 0 Å². The third-order valence-electron chi connectivity index (χ3n) is 14.0. The number of rotatable bonds is 4. The molecule has 0 radical (unpaired) electrons. The molecule has 2 aliphatic rings. The Morgan fingerprint density at radius 3 is 1.56 bits per heavy atom. The number of para-hydroxylation sites is 2. The molecule has 2 nitrogen and oxygen atoms in total. The van der Waals surface area contributed by atoms with Gasteiger partial charge in [-0.3, -0.25) is 0 Å². The van der Waals surface area contributed by atoms with Gasteiger partial charge in [-0.1, -0.05) is 182 Å². The van der Waals surface area contributed by atoms with E-state index in [0.717, 1.165) is 54.6 Å². The van der Waals surface area contributed by atoms with Crippen LogP contribution < -0.4 is 0 Å². The fraction of sp³-hybridized carbons (Fsp3) is 0.0323. The topological polar surface area (TPSA) is 26.3 Å². The zero-order chi connectivity index (χ0) is 41.9. The number of hydrogen-bond donors (Lipinski definition) is 0. The van der Waals surface area contributed by atoms with Crippen molar-refractivity contribution >= 4 is 81.8 Å². The highest BCUT2D eigenvalue weighted by atomic mass is 16.3. The molecule has 0 spiro atoms. The van der Waals surface area contributed by atoms with Crippen LogP contribution in [0.4, 0.5) is 0 Å². The quantitative estimate of drug-likeness (QED) is 0.177. The van der Waals surface area contributed by atoms with Crippen molar-refractivity contribution in [1.29, 1.82) is 0 Å². The van der Waals surface area contributed by atoms with Crippen molar-refractivity contribution in [2.75, 3.05) is 0 Å². The summed E-state index contributed by atoms with van der Waals surface area (Å²) >= 11 is 0. The summed E-state index contributed by atoms with van der Waals surface area (Å²) in [7, 11) is 0. The molecule has 0 fully saturated rings. The smallest absolute Gasteiger partial charge is 0.143 e. The first-order valence-corrected chi connectivity index (χ1v) is 22.2. The second kappa shape index (κ2) is 13.6. The first-order chi connectivity index (χ1) is 31.7. The molecule has 0 bridgehead atoms. The largest absolute Gasteiger partial charge is 0.455 e. The van der Waals surface area contributed by atoms with E-state index in [4.69, 9.17) is 8.83 Å². The zero-order valence-corrected chi connectivity index (χ0v) is 34.8. The lowest BCUT2D eigenvalue weighted by Gasteiger charge is -2.37. The highest BCUT2D eigenvalue weighted by molar-refractivity contribution is 6.21. The predicted molar refractivity (Wildman–Crippen MR) is 267 cm³/mol. The Morgan fingerprint density at radius 1 is 0.359 bits per heavy atom. The monoisotopic (exact) mass is 814 g/mol. The van der Waals surface area contributed by atoms with Crippen molar-refractivity contribution in [2.24, 2.45) is 5.92 Å². The van der Waals surface area contributed by atoms with Crippen molar-refractivity contribution in [1.82, 2.24) is 0 Å². The molecule has 0 N–H and O–H groups in total. The maximum atomic E-state index is 6.63. The van der Waals surface area contributed by atoms with Crippen molar-refractivity contribution in [3.8, 4) is 22.3 Å². The molecule has 2 heteroatoms. The first kappa shape index (κ1) is 35.4. The summed E-state index contributed by atoms with van der Waals surface area (Å²) in [6.07, 6.45) is 9.25. The lowest BCUT2D eigenvalue weighted by Crippen LogP contribution is -2.23.